The molecule has 0 fully saturated rings. The maximum absolute atomic E-state index is 12.4. The highest BCUT2D eigenvalue weighted by atomic mass is 35.5. The summed E-state index contributed by atoms with van der Waals surface area (Å²) in [4.78, 5) is 28.0. The number of amides is 1. The molecular formula is C16H17ClN2O3. The minimum absolute atomic E-state index is 0.0885. The van der Waals surface area contributed by atoms with E-state index in [4.69, 9.17) is 16.3 Å². The largest absolute Gasteiger partial charge is 0.496 e. The van der Waals surface area contributed by atoms with Crippen molar-refractivity contribution in [3.05, 3.63) is 52.3 Å². The van der Waals surface area contributed by atoms with Crippen LogP contribution in [0.3, 0.4) is 0 Å². The fourth-order valence-corrected chi connectivity index (χ4v) is 2.32. The van der Waals surface area contributed by atoms with E-state index in [-0.39, 0.29) is 11.7 Å². The van der Waals surface area contributed by atoms with E-state index in [0.29, 0.717) is 28.6 Å². The monoisotopic (exact) mass is 320 g/mol. The van der Waals surface area contributed by atoms with Crippen LogP contribution in [0, 0.1) is 0 Å². The number of rotatable bonds is 5. The van der Waals surface area contributed by atoms with Crippen molar-refractivity contribution in [1.29, 1.82) is 0 Å². The van der Waals surface area contributed by atoms with Gasteiger partial charge in [0.1, 0.15) is 11.4 Å². The summed E-state index contributed by atoms with van der Waals surface area (Å²) in [5, 5.41) is 0.579. The van der Waals surface area contributed by atoms with Crippen LogP contribution in [-0.2, 0) is 6.54 Å². The third-order valence-electron chi connectivity index (χ3n) is 3.32. The van der Waals surface area contributed by atoms with Gasteiger partial charge in [0, 0.05) is 35.9 Å². The number of ketones is 1. The van der Waals surface area contributed by atoms with Crippen molar-refractivity contribution >= 4 is 23.3 Å². The number of carbonyl (C=O) groups excluding carboxylic acids is 2. The number of ether oxygens (including phenoxy) is 1. The van der Waals surface area contributed by atoms with Crippen molar-refractivity contribution in [2.75, 3.05) is 14.2 Å². The smallest absolute Gasteiger partial charge is 0.270 e. The number of carbonyl (C=O) groups is 2. The van der Waals surface area contributed by atoms with Crippen LogP contribution in [0.1, 0.15) is 33.3 Å². The first-order valence-electron chi connectivity index (χ1n) is 6.69. The van der Waals surface area contributed by atoms with Crippen molar-refractivity contribution in [3.63, 3.8) is 0 Å². The zero-order chi connectivity index (χ0) is 16.3. The Hall–Kier alpha value is -2.27. The summed E-state index contributed by atoms with van der Waals surface area (Å²) in [5.41, 5.74) is 1.66. The average molecular weight is 321 g/mol. The SMILES string of the molecule is COc1ccc(Cl)cc1CN(C)C(=O)c1cc(C(C)=O)c[nH]1. The number of nitrogens with zero attached hydrogens (tertiary/aromatic N) is 1. The average Bonchev–Trinajstić information content (AvgIpc) is 2.96. The summed E-state index contributed by atoms with van der Waals surface area (Å²) in [6, 6.07) is 6.81. The number of halogens is 1. The number of Topliss-reactive ketones (excluding diaryl/α,β-unsaturated/α-hetero) is 1. The summed E-state index contributed by atoms with van der Waals surface area (Å²) in [7, 11) is 3.25. The van der Waals surface area contributed by atoms with Gasteiger partial charge in [-0.25, -0.2) is 0 Å². The standard InChI is InChI=1S/C16H17ClN2O3/c1-10(20)11-7-14(18-8-11)16(21)19(2)9-12-6-13(17)4-5-15(12)22-3/h4-8,18H,9H2,1-3H3. The Morgan fingerprint density at radius 1 is 1.32 bits per heavy atom. The topological polar surface area (TPSA) is 62.4 Å². The highest BCUT2D eigenvalue weighted by Gasteiger charge is 2.17. The predicted octanol–water partition coefficient (Wildman–Crippen LogP) is 3.15. The zero-order valence-corrected chi connectivity index (χ0v) is 13.4. The molecule has 116 valence electrons. The minimum Gasteiger partial charge on any atom is -0.496 e. The van der Waals surface area contributed by atoms with Crippen molar-refractivity contribution in [2.45, 2.75) is 13.5 Å². The van der Waals surface area contributed by atoms with Gasteiger partial charge in [0.25, 0.3) is 5.91 Å². The molecule has 1 aromatic heterocycles. The first-order valence-corrected chi connectivity index (χ1v) is 7.07. The van der Waals surface area contributed by atoms with Gasteiger partial charge in [-0.15, -0.1) is 0 Å². The number of hydrogen-bond acceptors (Lipinski definition) is 3. The lowest BCUT2D eigenvalue weighted by molar-refractivity contribution is 0.0779. The van der Waals surface area contributed by atoms with Crippen molar-refractivity contribution < 1.29 is 14.3 Å². The molecule has 0 spiro atoms. The second kappa shape index (κ2) is 6.66. The number of aromatic nitrogens is 1. The van der Waals surface area contributed by atoms with E-state index in [1.165, 1.54) is 18.0 Å². The quantitative estimate of drug-likeness (QED) is 0.861. The van der Waals surface area contributed by atoms with Crippen LogP contribution in [0.15, 0.2) is 30.5 Å². The number of H-pyrrole nitrogens is 1. The third kappa shape index (κ3) is 3.49. The molecule has 2 rings (SSSR count). The molecule has 0 aliphatic carbocycles. The van der Waals surface area contributed by atoms with E-state index >= 15 is 0 Å². The molecule has 6 heteroatoms. The van der Waals surface area contributed by atoms with Gasteiger partial charge in [-0.05, 0) is 31.2 Å². The number of methoxy groups -OCH3 is 1. The third-order valence-corrected chi connectivity index (χ3v) is 3.55. The summed E-state index contributed by atoms with van der Waals surface area (Å²) < 4.78 is 5.27. The number of hydrogen-bond donors (Lipinski definition) is 1. The number of benzene rings is 1. The lowest BCUT2D eigenvalue weighted by Gasteiger charge is -2.18. The number of aromatic amines is 1. The molecule has 1 amide bonds. The van der Waals surface area contributed by atoms with Crippen LogP contribution < -0.4 is 4.74 Å². The Morgan fingerprint density at radius 3 is 2.64 bits per heavy atom. The van der Waals surface area contributed by atoms with Crippen LogP contribution in [0.25, 0.3) is 0 Å². The maximum Gasteiger partial charge on any atom is 0.270 e. The van der Waals surface area contributed by atoms with E-state index in [2.05, 4.69) is 4.98 Å². The van der Waals surface area contributed by atoms with Crippen LogP contribution in [0.5, 0.6) is 5.75 Å². The van der Waals surface area contributed by atoms with Crippen molar-refractivity contribution in [1.82, 2.24) is 9.88 Å². The van der Waals surface area contributed by atoms with E-state index in [0.717, 1.165) is 5.56 Å². The second-order valence-electron chi connectivity index (χ2n) is 4.98. The van der Waals surface area contributed by atoms with E-state index < -0.39 is 0 Å². The van der Waals surface area contributed by atoms with Crippen LogP contribution in [0.4, 0.5) is 0 Å². The summed E-state index contributed by atoms with van der Waals surface area (Å²) in [5.74, 6) is 0.365. The highest BCUT2D eigenvalue weighted by Crippen LogP contribution is 2.24. The van der Waals surface area contributed by atoms with Gasteiger partial charge < -0.3 is 14.6 Å². The van der Waals surface area contributed by atoms with Crippen molar-refractivity contribution in [3.8, 4) is 5.75 Å². The van der Waals surface area contributed by atoms with Gasteiger partial charge in [0.05, 0.1) is 7.11 Å². The highest BCUT2D eigenvalue weighted by molar-refractivity contribution is 6.30. The molecule has 0 aliphatic rings. The Balaban J connectivity index is 2.17. The summed E-state index contributed by atoms with van der Waals surface area (Å²) in [6.45, 7) is 1.80. The molecule has 1 N–H and O–H groups in total. The molecule has 1 aromatic carbocycles. The van der Waals surface area contributed by atoms with Crippen molar-refractivity contribution in [2.24, 2.45) is 0 Å². The van der Waals surface area contributed by atoms with Gasteiger partial charge >= 0.3 is 0 Å². The minimum atomic E-state index is -0.213. The molecule has 5 nitrogen and oxygen atoms in total. The molecule has 0 radical (unpaired) electrons. The molecule has 0 saturated carbocycles. The van der Waals surface area contributed by atoms with Gasteiger partial charge in [0.15, 0.2) is 5.78 Å². The predicted molar refractivity (Wildman–Crippen MR) is 84.6 cm³/mol. The van der Waals surface area contributed by atoms with Gasteiger partial charge in [-0.1, -0.05) is 11.6 Å². The normalized spacial score (nSPS) is 10.4. The van der Waals surface area contributed by atoms with Crippen LogP contribution in [0.2, 0.25) is 5.02 Å². The first kappa shape index (κ1) is 16.1. The van der Waals surface area contributed by atoms with Gasteiger partial charge in [-0.2, -0.15) is 0 Å². The fourth-order valence-electron chi connectivity index (χ4n) is 2.12. The molecule has 0 bridgehead atoms. The molecule has 22 heavy (non-hydrogen) atoms. The van der Waals surface area contributed by atoms with Crippen LogP contribution in [-0.4, -0.2) is 35.7 Å². The molecule has 0 saturated heterocycles. The molecule has 0 aliphatic heterocycles. The maximum atomic E-state index is 12.4. The lowest BCUT2D eigenvalue weighted by Crippen LogP contribution is -2.26. The number of nitrogens with one attached hydrogen (secondary N) is 1. The van der Waals surface area contributed by atoms with E-state index in [1.807, 2.05) is 0 Å². The van der Waals surface area contributed by atoms with Crippen LogP contribution >= 0.6 is 11.6 Å². The van der Waals surface area contributed by atoms with E-state index in [1.54, 1.807) is 38.4 Å². The lowest BCUT2D eigenvalue weighted by atomic mass is 10.2. The fraction of sp³-hybridized carbons (Fsp3) is 0.250. The Kier molecular flexibility index (Phi) is 4.88. The molecular weight excluding hydrogens is 304 g/mol. The summed E-state index contributed by atoms with van der Waals surface area (Å²) in [6.07, 6.45) is 1.53. The first-order chi connectivity index (χ1) is 10.4. The van der Waals surface area contributed by atoms with Gasteiger partial charge in [-0.3, -0.25) is 9.59 Å². The summed E-state index contributed by atoms with van der Waals surface area (Å²) >= 11 is 5.99. The van der Waals surface area contributed by atoms with Gasteiger partial charge in [0.2, 0.25) is 0 Å². The molecule has 0 atom stereocenters. The Morgan fingerprint density at radius 2 is 2.05 bits per heavy atom. The molecule has 1 heterocycles. The zero-order valence-electron chi connectivity index (χ0n) is 12.6. The molecule has 0 unspecified atom stereocenters. The second-order valence-corrected chi connectivity index (χ2v) is 5.41. The Labute approximate surface area is 133 Å². The Bertz CT molecular complexity index is 709. The molecule has 2 aromatic rings. The van der Waals surface area contributed by atoms with E-state index in [9.17, 15) is 9.59 Å².